The van der Waals surface area contributed by atoms with Gasteiger partial charge >= 0.3 is 0 Å². The average molecular weight is 445 g/mol. The fourth-order valence-corrected chi connectivity index (χ4v) is 3.00. The number of nitrogens with zero attached hydrogens (tertiary/aromatic N) is 1. The number of oxime groups is 1. The maximum Gasteiger partial charge on any atom is 0.278 e. The molecule has 0 radical (unpaired) electrons. The number of halogens is 1. The van der Waals surface area contributed by atoms with Crippen LogP contribution >= 0.6 is 0 Å². The van der Waals surface area contributed by atoms with Crippen LogP contribution in [0.3, 0.4) is 0 Å². The zero-order chi connectivity index (χ0) is 23.6. The first-order chi connectivity index (χ1) is 16.0. The minimum Gasteiger partial charge on any atom is -0.432 e. The third-order valence-electron chi connectivity index (χ3n) is 4.71. The highest BCUT2D eigenvalue weighted by Gasteiger charge is 2.14. The van der Waals surface area contributed by atoms with Crippen LogP contribution in [0.1, 0.15) is 29.2 Å². The van der Waals surface area contributed by atoms with Crippen molar-refractivity contribution in [1.29, 1.82) is 5.41 Å². The van der Waals surface area contributed by atoms with Gasteiger partial charge in [-0.05, 0) is 24.6 Å². The first-order valence-corrected chi connectivity index (χ1v) is 10.2. The van der Waals surface area contributed by atoms with Crippen molar-refractivity contribution in [2.24, 2.45) is 5.16 Å². The number of likely N-dealkylation sites (N-methyl/N-ethyl adjacent to an activating group) is 1. The van der Waals surface area contributed by atoms with Gasteiger partial charge in [-0.3, -0.25) is 10.2 Å². The highest BCUT2D eigenvalue weighted by atomic mass is 19.1. The normalized spacial score (nSPS) is 11.6. The average Bonchev–Trinajstić information content (AvgIpc) is 2.84. The second kappa shape index (κ2) is 11.4. The van der Waals surface area contributed by atoms with E-state index in [-0.39, 0.29) is 12.3 Å². The smallest absolute Gasteiger partial charge is 0.278 e. The maximum atomic E-state index is 14.2. The Morgan fingerprint density at radius 1 is 1.06 bits per heavy atom. The van der Waals surface area contributed by atoms with Crippen molar-refractivity contribution in [2.45, 2.75) is 13.5 Å². The Morgan fingerprint density at radius 3 is 2.55 bits per heavy atom. The molecule has 0 spiro atoms. The van der Waals surface area contributed by atoms with Gasteiger partial charge in [-0.1, -0.05) is 71.9 Å². The minimum atomic E-state index is -0.723. The lowest BCUT2D eigenvalue weighted by Gasteiger charge is -2.10. The van der Waals surface area contributed by atoms with Crippen LogP contribution in [0.15, 0.2) is 90.0 Å². The third-order valence-corrected chi connectivity index (χ3v) is 4.71. The van der Waals surface area contributed by atoms with E-state index < -0.39 is 11.9 Å². The summed E-state index contributed by atoms with van der Waals surface area (Å²) in [4.78, 5) is 17.3. The second-order valence-electron chi connectivity index (χ2n) is 7.05. The molecule has 0 aliphatic carbocycles. The summed E-state index contributed by atoms with van der Waals surface area (Å²) in [7, 11) is 1.48. The van der Waals surface area contributed by atoms with Gasteiger partial charge in [0.2, 0.25) is 0 Å². The lowest BCUT2D eigenvalue weighted by Crippen LogP contribution is -2.28. The molecule has 0 saturated carbocycles. The van der Waals surface area contributed by atoms with Crippen molar-refractivity contribution in [3.8, 4) is 5.75 Å². The molecule has 3 rings (SSSR count). The van der Waals surface area contributed by atoms with Gasteiger partial charge in [0.05, 0.1) is 5.71 Å². The number of carbonyl (C=O) groups excluding carboxylic acids is 1. The Kier molecular flexibility index (Phi) is 8.07. The lowest BCUT2D eigenvalue weighted by molar-refractivity contribution is -0.114. The van der Waals surface area contributed by atoms with Gasteiger partial charge < -0.3 is 14.9 Å². The van der Waals surface area contributed by atoms with Crippen LogP contribution < -0.4 is 10.1 Å². The van der Waals surface area contributed by atoms with E-state index in [4.69, 9.17) is 15.0 Å². The molecule has 3 aromatic carbocycles. The van der Waals surface area contributed by atoms with Gasteiger partial charge in [0.25, 0.3) is 11.9 Å². The first-order valence-electron chi connectivity index (χ1n) is 10.2. The number of carbonyl (C=O) groups is 1. The van der Waals surface area contributed by atoms with Crippen LogP contribution in [0, 0.1) is 5.41 Å². The van der Waals surface area contributed by atoms with Crippen molar-refractivity contribution in [2.75, 3.05) is 7.05 Å². The molecule has 0 aliphatic heterocycles. The number of hydrogen-bond acceptors (Lipinski definition) is 5. The van der Waals surface area contributed by atoms with Crippen LogP contribution in [0.4, 0.5) is 4.39 Å². The summed E-state index contributed by atoms with van der Waals surface area (Å²) >= 11 is 0. The fourth-order valence-electron chi connectivity index (χ4n) is 3.00. The predicted molar refractivity (Wildman–Crippen MR) is 127 cm³/mol. The van der Waals surface area contributed by atoms with E-state index in [1.807, 2.05) is 24.3 Å². The summed E-state index contributed by atoms with van der Waals surface area (Å²) < 4.78 is 19.5. The Morgan fingerprint density at radius 2 is 1.79 bits per heavy atom. The van der Waals surface area contributed by atoms with Gasteiger partial charge in [0.15, 0.2) is 0 Å². The standard InChI is InChI=1S/C26H24FN3O3/c1-18(30-32-17-21-11-6-7-14-23(21)25(28)26(31)29-2)20-12-8-13-22(16-20)33-24(27)15-19-9-4-3-5-10-19/h3-16,28H,17H2,1-2H3,(H,29,31)/b24-15-,28-25?,30-18?. The van der Waals surface area contributed by atoms with E-state index in [1.54, 1.807) is 61.5 Å². The molecule has 0 heterocycles. The predicted octanol–water partition coefficient (Wildman–Crippen LogP) is 5.09. The zero-order valence-corrected chi connectivity index (χ0v) is 18.3. The van der Waals surface area contributed by atoms with Gasteiger partial charge in [0, 0.05) is 29.8 Å². The van der Waals surface area contributed by atoms with Crippen LogP contribution in [-0.2, 0) is 16.2 Å². The van der Waals surface area contributed by atoms with Crippen LogP contribution in [0.25, 0.3) is 6.08 Å². The number of rotatable bonds is 9. The summed E-state index contributed by atoms with van der Waals surface area (Å²) in [5, 5.41) is 14.6. The molecule has 0 aromatic heterocycles. The number of ether oxygens (including phenoxy) is 1. The van der Waals surface area contributed by atoms with E-state index in [9.17, 15) is 9.18 Å². The van der Waals surface area contributed by atoms with E-state index in [2.05, 4.69) is 10.5 Å². The van der Waals surface area contributed by atoms with Crippen LogP contribution in [-0.4, -0.2) is 24.4 Å². The number of benzene rings is 3. The Hall–Kier alpha value is -4.26. The van der Waals surface area contributed by atoms with E-state index in [0.29, 0.717) is 33.7 Å². The second-order valence-corrected chi connectivity index (χ2v) is 7.05. The maximum absolute atomic E-state index is 14.2. The van der Waals surface area contributed by atoms with Crippen molar-refractivity contribution in [1.82, 2.24) is 5.32 Å². The molecule has 7 heteroatoms. The zero-order valence-electron chi connectivity index (χ0n) is 18.3. The van der Waals surface area contributed by atoms with Crippen molar-refractivity contribution in [3.05, 3.63) is 107 Å². The van der Waals surface area contributed by atoms with Crippen molar-refractivity contribution in [3.63, 3.8) is 0 Å². The van der Waals surface area contributed by atoms with Crippen LogP contribution in [0.2, 0.25) is 0 Å². The van der Waals surface area contributed by atoms with Crippen LogP contribution in [0.5, 0.6) is 5.75 Å². The monoisotopic (exact) mass is 445 g/mol. The Balaban J connectivity index is 1.67. The summed E-state index contributed by atoms with van der Waals surface area (Å²) in [6.45, 7) is 1.84. The summed E-state index contributed by atoms with van der Waals surface area (Å²) in [6.07, 6.45) is 1.31. The summed E-state index contributed by atoms with van der Waals surface area (Å²) in [5.41, 5.74) is 2.95. The molecule has 168 valence electrons. The first kappa shape index (κ1) is 23.4. The lowest BCUT2D eigenvalue weighted by atomic mass is 10.0. The molecule has 0 bridgehead atoms. The summed E-state index contributed by atoms with van der Waals surface area (Å²) in [6, 6.07) is 22.2. The molecule has 0 aliphatic rings. The molecule has 6 nitrogen and oxygen atoms in total. The van der Waals surface area contributed by atoms with Crippen molar-refractivity contribution >= 4 is 23.4 Å². The van der Waals surface area contributed by atoms with E-state index in [1.165, 1.54) is 13.1 Å². The molecule has 2 N–H and O–H groups in total. The molecule has 1 amide bonds. The van der Waals surface area contributed by atoms with Gasteiger partial charge in [0.1, 0.15) is 18.1 Å². The molecule has 0 atom stereocenters. The highest BCUT2D eigenvalue weighted by molar-refractivity contribution is 6.44. The van der Waals surface area contributed by atoms with Gasteiger partial charge in [-0.15, -0.1) is 0 Å². The quantitative estimate of drug-likeness (QED) is 0.273. The molecule has 0 unspecified atom stereocenters. The molecule has 33 heavy (non-hydrogen) atoms. The number of nitrogens with one attached hydrogen (secondary N) is 2. The van der Waals surface area contributed by atoms with E-state index in [0.717, 1.165) is 0 Å². The minimum absolute atomic E-state index is 0.0809. The highest BCUT2D eigenvalue weighted by Crippen LogP contribution is 2.19. The molecular weight excluding hydrogens is 421 g/mol. The summed E-state index contributed by atoms with van der Waals surface area (Å²) in [5.74, 6) is -0.149. The molecule has 3 aromatic rings. The number of amides is 1. The van der Waals surface area contributed by atoms with Gasteiger partial charge in [-0.2, -0.15) is 4.39 Å². The fraction of sp³-hybridized carbons (Fsp3) is 0.115. The van der Waals surface area contributed by atoms with Gasteiger partial charge in [-0.25, -0.2) is 0 Å². The Bertz CT molecular complexity index is 1190. The SMILES string of the molecule is CNC(=O)C(=N)c1ccccc1CON=C(C)c1cccc(O/C(F)=C\c2ccccc2)c1. The molecular formula is C26H24FN3O3. The molecule has 0 fully saturated rings. The third kappa shape index (κ3) is 6.61. The van der Waals surface area contributed by atoms with E-state index >= 15 is 0 Å². The largest absolute Gasteiger partial charge is 0.432 e. The Labute approximate surface area is 191 Å². The molecule has 0 saturated heterocycles. The van der Waals surface area contributed by atoms with Crippen molar-refractivity contribution < 1.29 is 18.8 Å². The number of hydrogen-bond donors (Lipinski definition) is 2. The topological polar surface area (TPSA) is 83.8 Å².